The van der Waals surface area contributed by atoms with Crippen molar-refractivity contribution in [1.82, 2.24) is 0 Å². The van der Waals surface area contributed by atoms with Crippen LogP contribution in [-0.2, 0) is 12.3 Å². The zero-order valence-electron chi connectivity index (χ0n) is 13.9. The molecule has 116 valence electrons. The summed E-state index contributed by atoms with van der Waals surface area (Å²) in [6, 6.07) is 27.1. The summed E-state index contributed by atoms with van der Waals surface area (Å²) >= 11 is 0. The van der Waals surface area contributed by atoms with Gasteiger partial charge in [0.1, 0.15) is 0 Å². The van der Waals surface area contributed by atoms with Gasteiger partial charge in [-0.25, -0.2) is 0 Å². The van der Waals surface area contributed by atoms with Crippen molar-refractivity contribution in [2.24, 2.45) is 0 Å². The first kappa shape index (κ1) is 14.3. The van der Waals surface area contributed by atoms with Gasteiger partial charge in [-0.1, -0.05) is 0 Å². The van der Waals surface area contributed by atoms with Gasteiger partial charge in [-0.3, -0.25) is 0 Å². The number of fused-ring (bicyclic) bond motifs is 7. The average molecular weight is 326 g/mol. The van der Waals surface area contributed by atoms with Gasteiger partial charge < -0.3 is 0 Å². The van der Waals surface area contributed by atoms with E-state index in [-0.39, 0.29) is 0 Å². The van der Waals surface area contributed by atoms with E-state index < -0.39 is 7.80 Å². The van der Waals surface area contributed by atoms with Crippen LogP contribution in [0.3, 0.4) is 0 Å². The molecule has 24 heavy (non-hydrogen) atoms. The second kappa shape index (κ2) is 5.47. The number of benzene rings is 4. The van der Waals surface area contributed by atoms with Crippen molar-refractivity contribution in [3.8, 4) is 11.1 Å². The van der Waals surface area contributed by atoms with Crippen LogP contribution < -0.4 is 0 Å². The minimum absolute atomic E-state index is 0.774. The summed E-state index contributed by atoms with van der Waals surface area (Å²) < 4.78 is 0. The van der Waals surface area contributed by atoms with Gasteiger partial charge >= 0.3 is 144 Å². The van der Waals surface area contributed by atoms with E-state index in [1.165, 1.54) is 45.0 Å². The van der Waals surface area contributed by atoms with Crippen molar-refractivity contribution in [3.63, 3.8) is 0 Å². The van der Waals surface area contributed by atoms with Crippen LogP contribution in [0, 0.1) is 0 Å². The molecular weight excluding hydrogens is 306 g/mol. The Morgan fingerprint density at radius 2 is 1.04 bits per heavy atom. The van der Waals surface area contributed by atoms with E-state index in [9.17, 15) is 0 Å². The Morgan fingerprint density at radius 3 is 1.54 bits per heavy atom. The van der Waals surface area contributed by atoms with E-state index in [2.05, 4.69) is 80.4 Å². The zero-order valence-corrected chi connectivity index (χ0v) is 15.1. The first-order chi connectivity index (χ1) is 11.8. The summed E-state index contributed by atoms with van der Waals surface area (Å²) in [4.78, 5) is 0. The molecule has 0 radical (unpaired) electrons. The van der Waals surface area contributed by atoms with Crippen LogP contribution in [0.15, 0.2) is 72.8 Å². The first-order valence-corrected chi connectivity index (χ1v) is 11.6. The molecule has 0 amide bonds. The molecule has 0 unspecified atom stereocenters. The standard InChI is InChI=1S/C22H20BP/c23-24-13-17-11-9-15-5-1-3-7-19(15)21(17)22-18(14-24)12-10-16-6-2-4-8-20(16)22/h1-12H,13-14,23-24H2. The van der Waals surface area contributed by atoms with Gasteiger partial charge in [0, 0.05) is 0 Å². The van der Waals surface area contributed by atoms with Gasteiger partial charge in [0.25, 0.3) is 0 Å². The van der Waals surface area contributed by atoms with Crippen LogP contribution in [0.4, 0.5) is 0 Å². The maximum atomic E-state index is 2.52. The van der Waals surface area contributed by atoms with Crippen molar-refractivity contribution in [3.05, 3.63) is 83.9 Å². The van der Waals surface area contributed by atoms with Gasteiger partial charge in [0.15, 0.2) is 0 Å². The second-order valence-electron chi connectivity index (χ2n) is 7.16. The molecule has 0 aromatic heterocycles. The average Bonchev–Trinajstić information content (AvgIpc) is 2.77. The minimum atomic E-state index is -0.774. The molecule has 1 aliphatic rings. The molecule has 0 atom stereocenters. The molecule has 2 heteroatoms. The molecule has 0 nitrogen and oxygen atoms in total. The maximum absolute atomic E-state index is 2.52. The molecule has 0 saturated heterocycles. The van der Waals surface area contributed by atoms with Crippen molar-refractivity contribution in [2.75, 3.05) is 0 Å². The molecule has 0 saturated carbocycles. The SMILES string of the molecule is B[PH2]1Cc2ccc3ccccc3c2-c2c(ccc3ccccc23)C1. The van der Waals surface area contributed by atoms with E-state index in [4.69, 9.17) is 0 Å². The van der Waals surface area contributed by atoms with Crippen LogP contribution in [0.2, 0.25) is 0 Å². The predicted molar refractivity (Wildman–Crippen MR) is 113 cm³/mol. The molecule has 4 aromatic carbocycles. The third-order valence-corrected chi connectivity index (χ3v) is 7.69. The van der Waals surface area contributed by atoms with Gasteiger partial charge in [-0.15, -0.1) is 0 Å². The third kappa shape index (κ3) is 2.12. The van der Waals surface area contributed by atoms with Gasteiger partial charge in [-0.2, -0.15) is 0 Å². The van der Waals surface area contributed by atoms with Gasteiger partial charge in [0.05, 0.1) is 0 Å². The number of hydrogen-bond acceptors (Lipinski definition) is 0. The van der Waals surface area contributed by atoms with Crippen LogP contribution >= 0.6 is 7.80 Å². The Morgan fingerprint density at radius 1 is 0.583 bits per heavy atom. The molecule has 4 aromatic rings. The molecule has 1 heterocycles. The molecular formula is C22H20BP. The van der Waals surface area contributed by atoms with Crippen molar-refractivity contribution in [1.29, 1.82) is 0 Å². The first-order valence-electron chi connectivity index (χ1n) is 8.83. The summed E-state index contributed by atoms with van der Waals surface area (Å²) in [5.74, 6) is 0. The fourth-order valence-corrected chi connectivity index (χ4v) is 6.71. The Balaban J connectivity index is 2.00. The Hall–Kier alpha value is -2.11. The molecule has 0 bridgehead atoms. The Labute approximate surface area is 144 Å². The van der Waals surface area contributed by atoms with Crippen LogP contribution in [-0.4, -0.2) is 7.57 Å². The number of hydrogen-bond donors (Lipinski definition) is 0. The quantitative estimate of drug-likeness (QED) is 0.309. The molecule has 0 spiro atoms. The fraction of sp³-hybridized carbons (Fsp3) is 0.0909. The van der Waals surface area contributed by atoms with Crippen molar-refractivity contribution < 1.29 is 0 Å². The topological polar surface area (TPSA) is 0 Å². The molecule has 5 rings (SSSR count). The Kier molecular flexibility index (Phi) is 3.25. The van der Waals surface area contributed by atoms with Crippen LogP contribution in [0.25, 0.3) is 32.7 Å². The molecule has 0 fully saturated rings. The summed E-state index contributed by atoms with van der Waals surface area (Å²) in [5, 5.41) is 5.53. The number of rotatable bonds is 0. The van der Waals surface area contributed by atoms with Gasteiger partial charge in [-0.05, 0) is 0 Å². The molecule has 0 N–H and O–H groups in total. The monoisotopic (exact) mass is 326 g/mol. The van der Waals surface area contributed by atoms with Gasteiger partial charge in [0.2, 0.25) is 0 Å². The third-order valence-electron chi connectivity index (χ3n) is 5.42. The fourth-order valence-electron chi connectivity index (χ4n) is 4.39. The van der Waals surface area contributed by atoms with E-state index in [0.29, 0.717) is 0 Å². The van der Waals surface area contributed by atoms with Crippen LogP contribution in [0.1, 0.15) is 11.1 Å². The van der Waals surface area contributed by atoms with Crippen LogP contribution in [0.5, 0.6) is 0 Å². The summed E-state index contributed by atoms with van der Waals surface area (Å²) in [5.41, 5.74) is 6.11. The predicted octanol–water partition coefficient (Wildman–Crippen LogP) is 5.17. The van der Waals surface area contributed by atoms with E-state index in [0.717, 1.165) is 0 Å². The molecule has 1 aliphatic heterocycles. The van der Waals surface area contributed by atoms with E-state index in [1.807, 2.05) is 0 Å². The van der Waals surface area contributed by atoms with E-state index in [1.54, 1.807) is 11.1 Å². The summed E-state index contributed by atoms with van der Waals surface area (Å²) in [7, 11) is 1.74. The second-order valence-corrected chi connectivity index (χ2v) is 10.2. The van der Waals surface area contributed by atoms with Crippen molar-refractivity contribution >= 4 is 36.9 Å². The summed E-state index contributed by atoms with van der Waals surface area (Å²) in [6.07, 6.45) is 2.59. The molecule has 0 aliphatic carbocycles. The van der Waals surface area contributed by atoms with E-state index >= 15 is 0 Å². The Bertz CT molecular complexity index is 996. The normalized spacial score (nSPS) is 15.1. The van der Waals surface area contributed by atoms with Crippen molar-refractivity contribution in [2.45, 2.75) is 12.3 Å². The summed E-state index contributed by atoms with van der Waals surface area (Å²) in [6.45, 7) is 0. The zero-order chi connectivity index (χ0) is 16.1.